The van der Waals surface area contributed by atoms with Crippen LogP contribution in [-0.2, 0) is 11.3 Å². The van der Waals surface area contributed by atoms with Crippen molar-refractivity contribution >= 4 is 11.6 Å². The van der Waals surface area contributed by atoms with Gasteiger partial charge in [-0.05, 0) is 18.1 Å². The first-order valence-electron chi connectivity index (χ1n) is 8.87. The van der Waals surface area contributed by atoms with E-state index in [2.05, 4.69) is 16.0 Å². The van der Waals surface area contributed by atoms with Crippen molar-refractivity contribution in [2.24, 2.45) is 0 Å². The van der Waals surface area contributed by atoms with Gasteiger partial charge in [-0.2, -0.15) is 0 Å². The van der Waals surface area contributed by atoms with E-state index < -0.39 is 0 Å². The second-order valence-corrected chi connectivity index (χ2v) is 6.81. The molecule has 132 valence electrons. The number of anilines is 1. The van der Waals surface area contributed by atoms with Crippen LogP contribution in [0.25, 0.3) is 0 Å². The average molecular weight is 341 g/mol. The molecule has 2 aliphatic rings. The number of hydrogen-bond donors (Lipinski definition) is 1. The van der Waals surface area contributed by atoms with Gasteiger partial charge in [-0.3, -0.25) is 9.69 Å². The Balaban J connectivity index is 1.66. The molecule has 0 radical (unpaired) electrons. The van der Waals surface area contributed by atoms with E-state index in [4.69, 9.17) is 4.42 Å². The van der Waals surface area contributed by atoms with E-state index in [0.717, 1.165) is 17.8 Å². The number of aromatic nitrogens is 1. The molecule has 0 spiro atoms. The summed E-state index contributed by atoms with van der Waals surface area (Å²) in [5.74, 6) is 0.418. The molecule has 2 aliphatic heterocycles. The van der Waals surface area contributed by atoms with Gasteiger partial charge in [0.2, 0.25) is 5.91 Å². The Morgan fingerprint density at radius 3 is 2.96 bits per heavy atom. The standard InChI is InChI=1S/C19H23N3O3/c1-2-5-18(24)22-9-16-19(14-6-3-4-7-15(14)22)17(10-23)21(16)8-13-11-25-12-20-13/h3-4,6-7,11-12,16-17,19,23H,2,5,8-10H2,1H3/t16-,17+,19+/m1/s1. The maximum atomic E-state index is 12.6. The highest BCUT2D eigenvalue weighted by molar-refractivity contribution is 5.95. The topological polar surface area (TPSA) is 69.8 Å². The number of amides is 1. The number of rotatable bonds is 5. The van der Waals surface area contributed by atoms with Crippen LogP contribution in [-0.4, -0.2) is 46.1 Å². The average Bonchev–Trinajstić information content (AvgIpc) is 3.13. The summed E-state index contributed by atoms with van der Waals surface area (Å²) >= 11 is 0. The minimum absolute atomic E-state index is 0.0475. The van der Waals surface area contributed by atoms with Gasteiger partial charge in [0, 0.05) is 43.2 Å². The van der Waals surface area contributed by atoms with Crippen LogP contribution in [0, 0.1) is 0 Å². The first-order chi connectivity index (χ1) is 12.2. The van der Waals surface area contributed by atoms with E-state index in [9.17, 15) is 9.90 Å². The highest BCUT2D eigenvalue weighted by atomic mass is 16.3. The van der Waals surface area contributed by atoms with Crippen molar-refractivity contribution in [1.82, 2.24) is 9.88 Å². The molecule has 0 saturated carbocycles. The summed E-state index contributed by atoms with van der Waals surface area (Å²) in [6.07, 6.45) is 4.46. The lowest BCUT2D eigenvalue weighted by Crippen LogP contribution is -2.68. The van der Waals surface area contributed by atoms with Gasteiger partial charge in [0.1, 0.15) is 6.26 Å². The van der Waals surface area contributed by atoms with Crippen LogP contribution in [0.2, 0.25) is 0 Å². The first-order valence-corrected chi connectivity index (χ1v) is 8.87. The maximum absolute atomic E-state index is 12.6. The molecule has 1 saturated heterocycles. The lowest BCUT2D eigenvalue weighted by Gasteiger charge is -2.59. The smallest absolute Gasteiger partial charge is 0.227 e. The van der Waals surface area contributed by atoms with Crippen molar-refractivity contribution in [2.45, 2.75) is 44.3 Å². The summed E-state index contributed by atoms with van der Waals surface area (Å²) in [6.45, 7) is 3.41. The van der Waals surface area contributed by atoms with E-state index in [1.807, 2.05) is 30.0 Å². The number of aliphatic hydroxyl groups is 1. The number of carbonyl (C=O) groups is 1. The zero-order chi connectivity index (χ0) is 17.4. The number of fused-ring (bicyclic) bond motifs is 3. The third kappa shape index (κ3) is 2.65. The molecule has 2 aromatic rings. The number of nitrogens with zero attached hydrogens (tertiary/aromatic N) is 3. The van der Waals surface area contributed by atoms with Gasteiger partial charge in [0.15, 0.2) is 6.39 Å². The zero-order valence-corrected chi connectivity index (χ0v) is 14.3. The first kappa shape index (κ1) is 16.3. The Morgan fingerprint density at radius 2 is 2.24 bits per heavy atom. The SMILES string of the molecule is CCCC(=O)N1C[C@@H]2[C@H](c3ccccc31)[C@H](CO)N2Cc1cocn1. The minimum atomic E-state index is 0.0475. The Kier molecular flexibility index (Phi) is 4.31. The largest absolute Gasteiger partial charge is 0.451 e. The third-order valence-corrected chi connectivity index (χ3v) is 5.42. The van der Waals surface area contributed by atoms with Gasteiger partial charge in [0.25, 0.3) is 0 Å². The molecule has 3 atom stereocenters. The zero-order valence-electron chi connectivity index (χ0n) is 14.3. The van der Waals surface area contributed by atoms with Crippen LogP contribution in [0.3, 0.4) is 0 Å². The predicted octanol–water partition coefficient (Wildman–Crippen LogP) is 2.15. The van der Waals surface area contributed by atoms with Crippen LogP contribution < -0.4 is 4.90 Å². The predicted molar refractivity (Wildman–Crippen MR) is 93.2 cm³/mol. The molecule has 1 aromatic carbocycles. The van der Waals surface area contributed by atoms with E-state index in [1.54, 1.807) is 6.26 Å². The third-order valence-electron chi connectivity index (χ3n) is 5.42. The Bertz CT molecular complexity index is 746. The maximum Gasteiger partial charge on any atom is 0.227 e. The molecule has 1 N–H and O–H groups in total. The van der Waals surface area contributed by atoms with Crippen LogP contribution in [0.15, 0.2) is 41.3 Å². The second-order valence-electron chi connectivity index (χ2n) is 6.81. The summed E-state index contributed by atoms with van der Waals surface area (Å²) < 4.78 is 5.07. The number of aliphatic hydroxyl groups excluding tert-OH is 1. The van der Waals surface area contributed by atoms with E-state index in [-0.39, 0.29) is 30.5 Å². The molecule has 1 fully saturated rings. The summed E-state index contributed by atoms with van der Waals surface area (Å²) in [7, 11) is 0. The van der Waals surface area contributed by atoms with Gasteiger partial charge in [-0.15, -0.1) is 0 Å². The van der Waals surface area contributed by atoms with Gasteiger partial charge >= 0.3 is 0 Å². The van der Waals surface area contributed by atoms with Crippen molar-refractivity contribution in [3.8, 4) is 0 Å². The van der Waals surface area contributed by atoms with E-state index in [1.165, 1.54) is 12.0 Å². The molecular weight excluding hydrogens is 318 g/mol. The normalized spacial score (nSPS) is 25.2. The monoisotopic (exact) mass is 341 g/mol. The van der Waals surface area contributed by atoms with Crippen molar-refractivity contribution in [2.75, 3.05) is 18.1 Å². The number of oxazole rings is 1. The molecule has 1 amide bonds. The molecule has 25 heavy (non-hydrogen) atoms. The highest BCUT2D eigenvalue weighted by Crippen LogP contribution is 2.48. The molecular formula is C19H23N3O3. The van der Waals surface area contributed by atoms with Gasteiger partial charge in [0.05, 0.1) is 12.3 Å². The van der Waals surface area contributed by atoms with Crippen LogP contribution in [0.4, 0.5) is 5.69 Å². The summed E-state index contributed by atoms with van der Waals surface area (Å²) in [6, 6.07) is 8.35. The molecule has 1 aromatic heterocycles. The molecule has 6 heteroatoms. The molecule has 0 unspecified atom stereocenters. The fourth-order valence-electron chi connectivity index (χ4n) is 4.29. The Labute approximate surface area is 147 Å². The van der Waals surface area contributed by atoms with Crippen molar-refractivity contribution < 1.29 is 14.3 Å². The van der Waals surface area contributed by atoms with Gasteiger partial charge in [-0.25, -0.2) is 4.98 Å². The lowest BCUT2D eigenvalue weighted by atomic mass is 9.72. The van der Waals surface area contributed by atoms with Crippen LogP contribution in [0.1, 0.15) is 36.9 Å². The van der Waals surface area contributed by atoms with Gasteiger partial charge in [-0.1, -0.05) is 25.1 Å². The molecule has 0 aliphatic carbocycles. The lowest BCUT2D eigenvalue weighted by molar-refractivity contribution is -0.120. The van der Waals surface area contributed by atoms with Crippen molar-refractivity contribution in [1.29, 1.82) is 0 Å². The fraction of sp³-hybridized carbons (Fsp3) is 0.474. The summed E-state index contributed by atoms with van der Waals surface area (Å²) in [5, 5.41) is 9.94. The number of benzene rings is 1. The van der Waals surface area contributed by atoms with Crippen LogP contribution >= 0.6 is 0 Å². The van der Waals surface area contributed by atoms with E-state index >= 15 is 0 Å². The summed E-state index contributed by atoms with van der Waals surface area (Å²) in [5.41, 5.74) is 3.02. The van der Waals surface area contributed by atoms with Gasteiger partial charge < -0.3 is 14.4 Å². The molecule has 3 heterocycles. The highest BCUT2D eigenvalue weighted by Gasteiger charge is 2.53. The molecule has 4 rings (SSSR count). The number of carbonyl (C=O) groups excluding carboxylic acids is 1. The number of hydrogen-bond acceptors (Lipinski definition) is 5. The Morgan fingerprint density at radius 1 is 1.40 bits per heavy atom. The minimum Gasteiger partial charge on any atom is -0.451 e. The number of para-hydroxylation sites is 1. The number of likely N-dealkylation sites (tertiary alicyclic amines) is 1. The Hall–Kier alpha value is -2.18. The van der Waals surface area contributed by atoms with Crippen molar-refractivity contribution in [3.63, 3.8) is 0 Å². The summed E-state index contributed by atoms with van der Waals surface area (Å²) in [4.78, 5) is 21.0. The second kappa shape index (κ2) is 6.61. The van der Waals surface area contributed by atoms with E-state index in [0.29, 0.717) is 19.5 Å². The molecule has 0 bridgehead atoms. The molecule has 6 nitrogen and oxygen atoms in total. The fourth-order valence-corrected chi connectivity index (χ4v) is 4.29. The van der Waals surface area contributed by atoms with Crippen LogP contribution in [0.5, 0.6) is 0 Å². The quantitative estimate of drug-likeness (QED) is 0.902. The van der Waals surface area contributed by atoms with Crippen molar-refractivity contribution in [3.05, 3.63) is 48.2 Å².